The number of amides is 1. The molecule has 0 bridgehead atoms. The Hall–Kier alpha value is -2.88. The van der Waals surface area contributed by atoms with Gasteiger partial charge in [0.25, 0.3) is 0 Å². The number of para-hydroxylation sites is 1. The molecule has 0 saturated carbocycles. The third-order valence-corrected chi connectivity index (χ3v) is 4.14. The smallest absolute Gasteiger partial charge is 0.246 e. The molecular formula is C20H21N3O. The largest absolute Gasteiger partial charge is 0.350 e. The Labute approximate surface area is 142 Å². The van der Waals surface area contributed by atoms with Crippen molar-refractivity contribution in [3.63, 3.8) is 0 Å². The van der Waals surface area contributed by atoms with Crippen LogP contribution in [-0.4, -0.2) is 34.0 Å². The molecule has 0 N–H and O–H groups in total. The van der Waals surface area contributed by atoms with Crippen molar-refractivity contribution >= 4 is 22.9 Å². The molecule has 0 aliphatic heterocycles. The molecule has 3 aromatic rings. The minimum absolute atomic E-state index is 0.00105. The number of hydrogen-bond donors (Lipinski definition) is 0. The van der Waals surface area contributed by atoms with Crippen LogP contribution in [0.25, 0.3) is 17.0 Å². The van der Waals surface area contributed by atoms with Crippen molar-refractivity contribution in [1.29, 1.82) is 0 Å². The van der Waals surface area contributed by atoms with Crippen molar-refractivity contribution in [3.05, 3.63) is 72.2 Å². The van der Waals surface area contributed by atoms with Crippen LogP contribution in [0.3, 0.4) is 0 Å². The number of carbonyl (C=O) groups excluding carboxylic acids is 1. The van der Waals surface area contributed by atoms with Crippen molar-refractivity contribution in [2.75, 3.05) is 13.6 Å². The lowest BCUT2D eigenvalue weighted by Gasteiger charge is -2.14. The van der Waals surface area contributed by atoms with E-state index in [-0.39, 0.29) is 5.91 Å². The number of aryl methyl sites for hydroxylation is 1. The lowest BCUT2D eigenvalue weighted by atomic mass is 10.1. The van der Waals surface area contributed by atoms with E-state index >= 15 is 0 Å². The number of carbonyl (C=O) groups is 1. The molecule has 4 nitrogen and oxygen atoms in total. The van der Waals surface area contributed by atoms with Gasteiger partial charge in [-0.3, -0.25) is 9.78 Å². The Morgan fingerprint density at radius 3 is 2.79 bits per heavy atom. The van der Waals surface area contributed by atoms with Gasteiger partial charge in [0.15, 0.2) is 0 Å². The summed E-state index contributed by atoms with van der Waals surface area (Å²) in [7, 11) is 3.83. The Kier molecular flexibility index (Phi) is 4.75. The molecule has 0 spiro atoms. The molecule has 1 aromatic carbocycles. The SMILES string of the molecule is CN(CCc1ccccn1)C(=O)/C=C/c1cn(C)c2ccccc12. The predicted molar refractivity (Wildman–Crippen MR) is 97.5 cm³/mol. The fourth-order valence-corrected chi connectivity index (χ4v) is 2.73. The first-order valence-electron chi connectivity index (χ1n) is 8.02. The first-order valence-corrected chi connectivity index (χ1v) is 8.02. The zero-order chi connectivity index (χ0) is 16.9. The Bertz CT molecular complexity index is 865. The second-order valence-electron chi connectivity index (χ2n) is 5.88. The second-order valence-corrected chi connectivity index (χ2v) is 5.88. The summed E-state index contributed by atoms with van der Waals surface area (Å²) in [6.45, 7) is 0.649. The number of hydrogen-bond acceptors (Lipinski definition) is 2. The lowest BCUT2D eigenvalue weighted by Crippen LogP contribution is -2.27. The van der Waals surface area contributed by atoms with Crippen molar-refractivity contribution in [2.45, 2.75) is 6.42 Å². The third-order valence-electron chi connectivity index (χ3n) is 4.14. The van der Waals surface area contributed by atoms with Gasteiger partial charge in [0, 0.05) is 67.7 Å². The van der Waals surface area contributed by atoms with Gasteiger partial charge in [0.05, 0.1) is 0 Å². The maximum Gasteiger partial charge on any atom is 0.246 e. The Balaban J connectivity index is 1.66. The number of benzene rings is 1. The maximum atomic E-state index is 12.3. The van der Waals surface area contributed by atoms with Crippen molar-refractivity contribution in [1.82, 2.24) is 14.5 Å². The van der Waals surface area contributed by atoms with Crippen LogP contribution in [-0.2, 0) is 18.3 Å². The molecule has 0 saturated heterocycles. The highest BCUT2D eigenvalue weighted by atomic mass is 16.2. The fourth-order valence-electron chi connectivity index (χ4n) is 2.73. The van der Waals surface area contributed by atoms with Crippen LogP contribution in [0.4, 0.5) is 0 Å². The van der Waals surface area contributed by atoms with Crippen molar-refractivity contribution in [2.24, 2.45) is 7.05 Å². The van der Waals surface area contributed by atoms with E-state index < -0.39 is 0 Å². The number of nitrogens with zero attached hydrogens (tertiary/aromatic N) is 3. The molecular weight excluding hydrogens is 298 g/mol. The number of likely N-dealkylation sites (N-methyl/N-ethyl adjacent to an activating group) is 1. The fraction of sp³-hybridized carbons (Fsp3) is 0.200. The third kappa shape index (κ3) is 3.54. The van der Waals surface area contributed by atoms with Crippen LogP contribution < -0.4 is 0 Å². The average molecular weight is 319 g/mol. The first kappa shape index (κ1) is 16.0. The highest BCUT2D eigenvalue weighted by Crippen LogP contribution is 2.21. The number of rotatable bonds is 5. The maximum absolute atomic E-state index is 12.3. The quantitative estimate of drug-likeness (QED) is 0.677. The van der Waals surface area contributed by atoms with Crippen LogP contribution >= 0.6 is 0 Å². The summed E-state index contributed by atoms with van der Waals surface area (Å²) >= 11 is 0. The van der Waals surface area contributed by atoms with E-state index in [1.165, 1.54) is 0 Å². The highest BCUT2D eigenvalue weighted by molar-refractivity contribution is 5.96. The molecule has 0 fully saturated rings. The second kappa shape index (κ2) is 7.13. The minimum Gasteiger partial charge on any atom is -0.350 e. The molecule has 0 atom stereocenters. The molecule has 0 unspecified atom stereocenters. The molecule has 2 aromatic heterocycles. The summed E-state index contributed by atoms with van der Waals surface area (Å²) in [6, 6.07) is 14.0. The van der Waals surface area contributed by atoms with E-state index in [9.17, 15) is 4.79 Å². The van der Waals surface area contributed by atoms with Crippen LogP contribution in [0, 0.1) is 0 Å². The normalized spacial score (nSPS) is 11.2. The lowest BCUT2D eigenvalue weighted by molar-refractivity contribution is -0.124. The number of fused-ring (bicyclic) bond motifs is 1. The molecule has 3 rings (SSSR count). The molecule has 0 aliphatic carbocycles. The van der Waals surface area contributed by atoms with Crippen molar-refractivity contribution in [3.8, 4) is 0 Å². The number of aromatic nitrogens is 2. The van der Waals surface area contributed by atoms with Gasteiger partial charge in [0.1, 0.15) is 0 Å². The van der Waals surface area contributed by atoms with Crippen LogP contribution in [0.2, 0.25) is 0 Å². The molecule has 122 valence electrons. The van der Waals surface area contributed by atoms with Gasteiger partial charge < -0.3 is 9.47 Å². The zero-order valence-corrected chi connectivity index (χ0v) is 14.0. The van der Waals surface area contributed by atoms with E-state index in [4.69, 9.17) is 0 Å². The van der Waals surface area contributed by atoms with E-state index in [1.807, 2.05) is 56.7 Å². The average Bonchev–Trinajstić information content (AvgIpc) is 2.95. The Morgan fingerprint density at radius 2 is 2.00 bits per heavy atom. The van der Waals surface area contributed by atoms with Crippen LogP contribution in [0.5, 0.6) is 0 Å². The molecule has 4 heteroatoms. The van der Waals surface area contributed by atoms with Gasteiger partial charge in [-0.2, -0.15) is 0 Å². The Morgan fingerprint density at radius 1 is 1.21 bits per heavy atom. The van der Waals surface area contributed by atoms with Gasteiger partial charge in [-0.15, -0.1) is 0 Å². The van der Waals surface area contributed by atoms with E-state index in [0.717, 1.165) is 28.6 Å². The highest BCUT2D eigenvalue weighted by Gasteiger charge is 2.07. The molecule has 24 heavy (non-hydrogen) atoms. The van der Waals surface area contributed by atoms with E-state index in [0.29, 0.717) is 6.54 Å². The first-order chi connectivity index (χ1) is 11.6. The van der Waals surface area contributed by atoms with Gasteiger partial charge >= 0.3 is 0 Å². The topological polar surface area (TPSA) is 38.1 Å². The van der Waals surface area contributed by atoms with Crippen LogP contribution in [0.15, 0.2) is 60.9 Å². The minimum atomic E-state index is -0.00105. The van der Waals surface area contributed by atoms with E-state index in [2.05, 4.69) is 21.7 Å². The van der Waals surface area contributed by atoms with Crippen molar-refractivity contribution < 1.29 is 4.79 Å². The number of pyridine rings is 1. The summed E-state index contributed by atoms with van der Waals surface area (Å²) in [6.07, 6.45) is 8.10. The summed E-state index contributed by atoms with van der Waals surface area (Å²) in [5, 5.41) is 1.15. The summed E-state index contributed by atoms with van der Waals surface area (Å²) in [5.41, 5.74) is 3.21. The van der Waals surface area contributed by atoms with E-state index in [1.54, 1.807) is 17.2 Å². The van der Waals surface area contributed by atoms with Gasteiger partial charge in [-0.1, -0.05) is 24.3 Å². The zero-order valence-electron chi connectivity index (χ0n) is 14.0. The predicted octanol–water partition coefficient (Wildman–Crippen LogP) is 3.29. The monoisotopic (exact) mass is 319 g/mol. The standard InChI is InChI=1S/C20H21N3O/c1-22(14-12-17-7-5-6-13-21-17)20(24)11-10-16-15-23(2)19-9-4-3-8-18(16)19/h3-11,13,15H,12,14H2,1-2H3/b11-10+. The summed E-state index contributed by atoms with van der Waals surface area (Å²) in [5.74, 6) is -0.00105. The summed E-state index contributed by atoms with van der Waals surface area (Å²) in [4.78, 5) is 18.3. The van der Waals surface area contributed by atoms with Gasteiger partial charge in [0.2, 0.25) is 5.91 Å². The molecule has 2 heterocycles. The molecule has 0 radical (unpaired) electrons. The van der Waals surface area contributed by atoms with Crippen LogP contribution in [0.1, 0.15) is 11.3 Å². The van der Waals surface area contributed by atoms with Gasteiger partial charge in [-0.25, -0.2) is 0 Å². The molecule has 1 amide bonds. The van der Waals surface area contributed by atoms with Gasteiger partial charge in [-0.05, 0) is 24.3 Å². The molecule has 0 aliphatic rings. The summed E-state index contributed by atoms with van der Waals surface area (Å²) < 4.78 is 2.07.